The summed E-state index contributed by atoms with van der Waals surface area (Å²) in [4.78, 5) is 19.9. The number of thiazole rings is 1. The van der Waals surface area contributed by atoms with E-state index in [1.165, 1.54) is 11.3 Å². The molecule has 0 unspecified atom stereocenters. The zero-order valence-electron chi connectivity index (χ0n) is 12.0. The van der Waals surface area contributed by atoms with Crippen LogP contribution in [0.25, 0.3) is 16.9 Å². The van der Waals surface area contributed by atoms with Gasteiger partial charge in [-0.25, -0.2) is 9.97 Å². The predicted molar refractivity (Wildman–Crippen MR) is 87.1 cm³/mol. The Bertz CT molecular complexity index is 808. The number of amides is 1. The van der Waals surface area contributed by atoms with Crippen molar-refractivity contribution in [1.82, 2.24) is 14.5 Å². The summed E-state index contributed by atoms with van der Waals surface area (Å²) < 4.78 is 1.96. The molecular formula is C15H15N5OS. The number of nitrogens with two attached hydrogens (primary N) is 1. The number of carbonyl (C=O) groups is 1. The van der Waals surface area contributed by atoms with Gasteiger partial charge in [0.05, 0.1) is 24.3 Å². The van der Waals surface area contributed by atoms with Crippen LogP contribution in [0.1, 0.15) is 5.69 Å². The molecule has 0 saturated heterocycles. The minimum absolute atomic E-state index is 0.0512. The molecule has 7 heteroatoms. The third-order valence-electron chi connectivity index (χ3n) is 3.09. The van der Waals surface area contributed by atoms with E-state index in [4.69, 9.17) is 5.73 Å². The molecule has 3 N–H and O–H groups in total. The molecule has 0 aliphatic carbocycles. The maximum atomic E-state index is 11.3. The normalized spacial score (nSPS) is 10.6. The zero-order valence-corrected chi connectivity index (χ0v) is 12.8. The number of benzene rings is 1. The first kappa shape index (κ1) is 14.4. The highest BCUT2D eigenvalue weighted by molar-refractivity contribution is 7.14. The smallest absolute Gasteiger partial charge is 0.239 e. The lowest BCUT2D eigenvalue weighted by Gasteiger charge is -2.04. The van der Waals surface area contributed by atoms with E-state index in [0.717, 1.165) is 22.6 Å². The molecule has 0 saturated carbocycles. The maximum absolute atomic E-state index is 11.3. The van der Waals surface area contributed by atoms with Crippen LogP contribution in [-0.2, 0) is 4.79 Å². The molecular weight excluding hydrogens is 298 g/mol. The molecule has 0 aliphatic heterocycles. The first-order valence-electron chi connectivity index (χ1n) is 6.72. The van der Waals surface area contributed by atoms with Gasteiger partial charge in [0, 0.05) is 22.8 Å². The molecule has 2 heterocycles. The monoisotopic (exact) mass is 313 g/mol. The van der Waals surface area contributed by atoms with Crippen molar-refractivity contribution in [2.75, 3.05) is 11.9 Å². The fraction of sp³-hybridized carbons (Fsp3) is 0.133. The average Bonchev–Trinajstić information content (AvgIpc) is 3.16. The van der Waals surface area contributed by atoms with Gasteiger partial charge in [0.15, 0.2) is 5.13 Å². The summed E-state index contributed by atoms with van der Waals surface area (Å²) in [6.45, 7) is 1.90. The Kier molecular flexibility index (Phi) is 3.99. The Morgan fingerprint density at radius 1 is 1.45 bits per heavy atom. The van der Waals surface area contributed by atoms with Gasteiger partial charge in [0.25, 0.3) is 0 Å². The number of imidazole rings is 1. The van der Waals surface area contributed by atoms with Crippen LogP contribution in [0.15, 0.2) is 42.2 Å². The highest BCUT2D eigenvalue weighted by Crippen LogP contribution is 2.26. The molecule has 22 heavy (non-hydrogen) atoms. The topological polar surface area (TPSA) is 85.8 Å². The van der Waals surface area contributed by atoms with Crippen molar-refractivity contribution < 1.29 is 4.79 Å². The molecule has 1 amide bonds. The Morgan fingerprint density at radius 2 is 2.32 bits per heavy atom. The molecule has 0 bridgehead atoms. The van der Waals surface area contributed by atoms with E-state index in [-0.39, 0.29) is 12.5 Å². The van der Waals surface area contributed by atoms with Crippen molar-refractivity contribution in [2.24, 2.45) is 5.73 Å². The summed E-state index contributed by atoms with van der Waals surface area (Å²) in [6, 6.07) is 7.99. The van der Waals surface area contributed by atoms with Gasteiger partial charge in [-0.05, 0) is 19.1 Å². The number of hydrogen-bond donors (Lipinski definition) is 2. The molecule has 1 aromatic carbocycles. The second-order valence-electron chi connectivity index (χ2n) is 4.76. The minimum atomic E-state index is -0.247. The van der Waals surface area contributed by atoms with Crippen molar-refractivity contribution in [2.45, 2.75) is 6.92 Å². The van der Waals surface area contributed by atoms with Crippen LogP contribution < -0.4 is 11.1 Å². The number of nitrogens with zero attached hydrogens (tertiary/aromatic N) is 3. The van der Waals surface area contributed by atoms with Crippen LogP contribution in [0.2, 0.25) is 0 Å². The van der Waals surface area contributed by atoms with Gasteiger partial charge in [-0.1, -0.05) is 12.1 Å². The SMILES string of the molecule is Cc1cn(-c2cccc(-c3csc(NC(=O)CN)n3)c2)cn1. The van der Waals surface area contributed by atoms with Crippen molar-refractivity contribution in [3.8, 4) is 16.9 Å². The summed E-state index contributed by atoms with van der Waals surface area (Å²) in [6.07, 6.45) is 3.75. The molecule has 112 valence electrons. The average molecular weight is 313 g/mol. The summed E-state index contributed by atoms with van der Waals surface area (Å²) in [5.74, 6) is -0.247. The maximum Gasteiger partial charge on any atom is 0.239 e. The van der Waals surface area contributed by atoms with E-state index in [9.17, 15) is 4.79 Å². The molecule has 0 fully saturated rings. The van der Waals surface area contributed by atoms with Crippen LogP contribution in [0.4, 0.5) is 5.13 Å². The first-order valence-corrected chi connectivity index (χ1v) is 7.60. The quantitative estimate of drug-likeness (QED) is 0.773. The van der Waals surface area contributed by atoms with E-state index >= 15 is 0 Å². The highest BCUT2D eigenvalue weighted by atomic mass is 32.1. The lowest BCUT2D eigenvalue weighted by molar-refractivity contribution is -0.114. The summed E-state index contributed by atoms with van der Waals surface area (Å²) in [5.41, 5.74) is 9.05. The van der Waals surface area contributed by atoms with E-state index in [2.05, 4.69) is 15.3 Å². The van der Waals surface area contributed by atoms with Crippen molar-refractivity contribution in [1.29, 1.82) is 0 Å². The summed E-state index contributed by atoms with van der Waals surface area (Å²) >= 11 is 1.38. The third-order valence-corrected chi connectivity index (χ3v) is 3.85. The Balaban J connectivity index is 1.88. The lowest BCUT2D eigenvalue weighted by atomic mass is 10.1. The van der Waals surface area contributed by atoms with Crippen molar-refractivity contribution in [3.05, 3.63) is 47.9 Å². The van der Waals surface area contributed by atoms with Gasteiger partial charge >= 0.3 is 0 Å². The van der Waals surface area contributed by atoms with Gasteiger partial charge in [-0.15, -0.1) is 11.3 Å². The van der Waals surface area contributed by atoms with Crippen molar-refractivity contribution >= 4 is 22.4 Å². The van der Waals surface area contributed by atoms with Gasteiger partial charge < -0.3 is 15.6 Å². The van der Waals surface area contributed by atoms with Gasteiger partial charge in [-0.3, -0.25) is 4.79 Å². The second kappa shape index (κ2) is 6.08. The van der Waals surface area contributed by atoms with E-state index in [1.54, 1.807) is 6.33 Å². The zero-order chi connectivity index (χ0) is 15.5. The molecule has 0 aliphatic rings. The van der Waals surface area contributed by atoms with Crippen LogP contribution in [0, 0.1) is 6.92 Å². The fourth-order valence-corrected chi connectivity index (χ4v) is 2.76. The van der Waals surface area contributed by atoms with Gasteiger partial charge in [-0.2, -0.15) is 0 Å². The summed E-state index contributed by atoms with van der Waals surface area (Å²) in [7, 11) is 0. The van der Waals surface area contributed by atoms with Crippen LogP contribution >= 0.6 is 11.3 Å². The number of nitrogens with one attached hydrogen (secondary N) is 1. The Morgan fingerprint density at radius 3 is 3.05 bits per heavy atom. The molecule has 3 aromatic rings. The number of aromatic nitrogens is 3. The number of anilines is 1. The largest absolute Gasteiger partial charge is 0.322 e. The molecule has 2 aromatic heterocycles. The second-order valence-corrected chi connectivity index (χ2v) is 5.62. The number of carbonyl (C=O) groups excluding carboxylic acids is 1. The number of rotatable bonds is 4. The Hall–Kier alpha value is -2.51. The standard InChI is InChI=1S/C15H15N5OS/c1-10-7-20(9-17-10)12-4-2-3-11(5-12)13-8-22-15(18-13)19-14(21)6-16/h2-5,7-9H,6,16H2,1H3,(H,18,19,21). The summed E-state index contributed by atoms with van der Waals surface area (Å²) in [5, 5.41) is 5.12. The Labute approximate surface area is 131 Å². The lowest BCUT2D eigenvalue weighted by Crippen LogP contribution is -2.21. The van der Waals surface area contributed by atoms with Gasteiger partial charge in [0.2, 0.25) is 5.91 Å². The molecule has 0 spiro atoms. The number of hydrogen-bond acceptors (Lipinski definition) is 5. The van der Waals surface area contributed by atoms with E-state index < -0.39 is 0 Å². The fourth-order valence-electron chi connectivity index (χ4n) is 2.02. The van der Waals surface area contributed by atoms with Crippen LogP contribution in [0.3, 0.4) is 0 Å². The highest BCUT2D eigenvalue weighted by Gasteiger charge is 2.08. The molecule has 0 radical (unpaired) electrons. The number of aryl methyl sites for hydroxylation is 1. The van der Waals surface area contributed by atoms with Gasteiger partial charge in [0.1, 0.15) is 0 Å². The van der Waals surface area contributed by atoms with Crippen molar-refractivity contribution in [3.63, 3.8) is 0 Å². The first-order chi connectivity index (χ1) is 10.7. The third kappa shape index (κ3) is 3.05. The molecule has 6 nitrogen and oxygen atoms in total. The van der Waals surface area contributed by atoms with E-state index in [1.807, 2.05) is 47.3 Å². The van der Waals surface area contributed by atoms with E-state index in [0.29, 0.717) is 5.13 Å². The molecule has 0 atom stereocenters. The van der Waals surface area contributed by atoms with Crippen LogP contribution in [0.5, 0.6) is 0 Å². The predicted octanol–water partition coefficient (Wildman–Crippen LogP) is 2.20. The van der Waals surface area contributed by atoms with Crippen LogP contribution in [-0.4, -0.2) is 27.0 Å². The minimum Gasteiger partial charge on any atom is -0.322 e. The molecule has 3 rings (SSSR count).